The number of hydrogen-bond donors (Lipinski definition) is 0. The van der Waals surface area contributed by atoms with Crippen molar-refractivity contribution in [3.63, 3.8) is 0 Å². The van der Waals surface area contributed by atoms with Crippen molar-refractivity contribution >= 4 is 5.69 Å². The van der Waals surface area contributed by atoms with Gasteiger partial charge in [-0.15, -0.1) is 0 Å². The van der Waals surface area contributed by atoms with Crippen LogP contribution in [0, 0.1) is 0 Å². The monoisotopic (exact) mass is 285 g/mol. The van der Waals surface area contributed by atoms with Gasteiger partial charge in [0.15, 0.2) is 0 Å². The second-order valence-electron chi connectivity index (χ2n) is 5.86. The highest BCUT2D eigenvalue weighted by Gasteiger charge is 2.40. The molecule has 0 bridgehead atoms. The van der Waals surface area contributed by atoms with Crippen LogP contribution in [0.25, 0.3) is 0 Å². The highest BCUT2D eigenvalue weighted by atomic mass is 15.2. The predicted molar refractivity (Wildman–Crippen MR) is 92.2 cm³/mol. The van der Waals surface area contributed by atoms with Gasteiger partial charge in [0.25, 0.3) is 0 Å². The quantitative estimate of drug-likeness (QED) is 0.652. The molecule has 1 nitrogen and oxygen atoms in total. The summed E-state index contributed by atoms with van der Waals surface area (Å²) >= 11 is 0. The third kappa shape index (κ3) is 2.29. The van der Waals surface area contributed by atoms with E-state index in [0.29, 0.717) is 12.0 Å². The standard InChI is InChI=1S/C21H19N/c1-4-10-17(11-5-1)20-16-22(19-14-8-3-9-15-19)21(20)18-12-6-2-7-13-18/h1-15,20-21H,16H2. The molecule has 1 heterocycles. The van der Waals surface area contributed by atoms with Gasteiger partial charge in [0.05, 0.1) is 6.04 Å². The van der Waals surface area contributed by atoms with Gasteiger partial charge in [0.1, 0.15) is 0 Å². The van der Waals surface area contributed by atoms with E-state index in [1.54, 1.807) is 0 Å². The fraction of sp³-hybridized carbons (Fsp3) is 0.143. The molecule has 0 radical (unpaired) electrons. The van der Waals surface area contributed by atoms with E-state index >= 15 is 0 Å². The molecule has 1 aliphatic heterocycles. The largest absolute Gasteiger partial charge is 0.363 e. The minimum absolute atomic E-state index is 0.422. The topological polar surface area (TPSA) is 3.24 Å². The average molecular weight is 285 g/mol. The van der Waals surface area contributed by atoms with E-state index < -0.39 is 0 Å². The first kappa shape index (κ1) is 13.1. The zero-order chi connectivity index (χ0) is 14.8. The summed E-state index contributed by atoms with van der Waals surface area (Å²) in [6, 6.07) is 32.9. The molecule has 0 N–H and O–H groups in total. The molecule has 2 atom stereocenters. The third-order valence-electron chi connectivity index (χ3n) is 4.57. The molecule has 3 aromatic carbocycles. The fourth-order valence-corrected chi connectivity index (χ4v) is 3.44. The second-order valence-corrected chi connectivity index (χ2v) is 5.86. The van der Waals surface area contributed by atoms with Crippen LogP contribution in [0.4, 0.5) is 5.69 Å². The van der Waals surface area contributed by atoms with Crippen LogP contribution < -0.4 is 4.90 Å². The Kier molecular flexibility index (Phi) is 3.40. The smallest absolute Gasteiger partial charge is 0.0628 e. The number of anilines is 1. The Morgan fingerprint density at radius 1 is 0.591 bits per heavy atom. The molecule has 0 aliphatic carbocycles. The summed E-state index contributed by atoms with van der Waals surface area (Å²) in [6.07, 6.45) is 0. The molecule has 0 aromatic heterocycles. The van der Waals surface area contributed by atoms with Crippen LogP contribution in [-0.4, -0.2) is 6.54 Å². The van der Waals surface area contributed by atoms with Crippen molar-refractivity contribution in [2.75, 3.05) is 11.4 Å². The number of para-hydroxylation sites is 1. The van der Waals surface area contributed by atoms with Crippen molar-refractivity contribution < 1.29 is 0 Å². The predicted octanol–water partition coefficient (Wildman–Crippen LogP) is 5.03. The van der Waals surface area contributed by atoms with E-state index in [9.17, 15) is 0 Å². The third-order valence-corrected chi connectivity index (χ3v) is 4.57. The summed E-state index contributed by atoms with van der Waals surface area (Å²) < 4.78 is 0. The Bertz CT molecular complexity index is 676. The molecule has 3 aromatic rings. The van der Waals surface area contributed by atoms with Gasteiger partial charge in [0.2, 0.25) is 0 Å². The molecule has 0 saturated carbocycles. The molecule has 2 unspecified atom stereocenters. The van der Waals surface area contributed by atoms with E-state index in [1.165, 1.54) is 16.8 Å². The van der Waals surface area contributed by atoms with Crippen LogP contribution in [0.1, 0.15) is 23.1 Å². The molecule has 1 aliphatic rings. The maximum atomic E-state index is 2.51. The minimum Gasteiger partial charge on any atom is -0.363 e. The lowest BCUT2D eigenvalue weighted by Gasteiger charge is -2.50. The first-order chi connectivity index (χ1) is 10.9. The van der Waals surface area contributed by atoms with Crippen LogP contribution in [0.2, 0.25) is 0 Å². The van der Waals surface area contributed by atoms with Gasteiger partial charge in [0, 0.05) is 18.2 Å². The van der Waals surface area contributed by atoms with E-state index in [1.807, 2.05) is 0 Å². The molecule has 0 spiro atoms. The van der Waals surface area contributed by atoms with Gasteiger partial charge >= 0.3 is 0 Å². The summed E-state index contributed by atoms with van der Waals surface area (Å²) in [7, 11) is 0. The molecule has 108 valence electrons. The van der Waals surface area contributed by atoms with Crippen molar-refractivity contribution in [2.45, 2.75) is 12.0 Å². The first-order valence-corrected chi connectivity index (χ1v) is 7.85. The van der Waals surface area contributed by atoms with Gasteiger partial charge in [-0.1, -0.05) is 78.9 Å². The molecule has 1 saturated heterocycles. The van der Waals surface area contributed by atoms with Crippen LogP contribution in [0.15, 0.2) is 91.0 Å². The molecular formula is C21H19N. The lowest BCUT2D eigenvalue weighted by molar-refractivity contribution is 0.392. The van der Waals surface area contributed by atoms with E-state index in [-0.39, 0.29) is 0 Å². The summed E-state index contributed by atoms with van der Waals surface area (Å²) in [5, 5.41) is 0. The molecular weight excluding hydrogens is 266 g/mol. The van der Waals surface area contributed by atoms with Crippen molar-refractivity contribution in [1.29, 1.82) is 0 Å². The first-order valence-electron chi connectivity index (χ1n) is 7.85. The second kappa shape index (κ2) is 5.69. The zero-order valence-corrected chi connectivity index (χ0v) is 12.5. The maximum absolute atomic E-state index is 2.51. The Morgan fingerprint density at radius 3 is 1.68 bits per heavy atom. The average Bonchev–Trinajstić information content (AvgIpc) is 2.57. The molecule has 0 amide bonds. The number of rotatable bonds is 3. The summed E-state index contributed by atoms with van der Waals surface area (Å²) in [5.41, 5.74) is 4.14. The summed E-state index contributed by atoms with van der Waals surface area (Å²) in [4.78, 5) is 2.51. The van der Waals surface area contributed by atoms with Crippen molar-refractivity contribution in [3.05, 3.63) is 102 Å². The van der Waals surface area contributed by atoms with Crippen molar-refractivity contribution in [2.24, 2.45) is 0 Å². The van der Waals surface area contributed by atoms with Crippen molar-refractivity contribution in [3.8, 4) is 0 Å². The van der Waals surface area contributed by atoms with Crippen LogP contribution in [0.5, 0.6) is 0 Å². The van der Waals surface area contributed by atoms with Crippen LogP contribution >= 0.6 is 0 Å². The summed E-state index contributed by atoms with van der Waals surface area (Å²) in [6.45, 7) is 1.08. The highest BCUT2D eigenvalue weighted by Crippen LogP contribution is 2.47. The van der Waals surface area contributed by atoms with Crippen molar-refractivity contribution in [1.82, 2.24) is 0 Å². The normalized spacial score (nSPS) is 20.5. The van der Waals surface area contributed by atoms with E-state index in [0.717, 1.165) is 6.54 Å². The van der Waals surface area contributed by atoms with Gasteiger partial charge in [-0.05, 0) is 23.3 Å². The Balaban J connectivity index is 1.71. The Morgan fingerprint density at radius 2 is 1.09 bits per heavy atom. The Labute approximate surface area is 131 Å². The molecule has 1 heteroatoms. The molecule has 22 heavy (non-hydrogen) atoms. The number of nitrogens with zero attached hydrogens (tertiary/aromatic N) is 1. The number of hydrogen-bond acceptors (Lipinski definition) is 1. The maximum Gasteiger partial charge on any atom is 0.0628 e. The lowest BCUT2D eigenvalue weighted by atomic mass is 9.78. The number of benzene rings is 3. The molecule has 1 fully saturated rings. The summed E-state index contributed by atoms with van der Waals surface area (Å²) in [5.74, 6) is 0.559. The van der Waals surface area contributed by atoms with Gasteiger partial charge in [-0.2, -0.15) is 0 Å². The highest BCUT2D eigenvalue weighted by molar-refractivity contribution is 5.55. The fourth-order valence-electron chi connectivity index (χ4n) is 3.44. The molecule has 4 rings (SSSR count). The minimum atomic E-state index is 0.422. The lowest BCUT2D eigenvalue weighted by Crippen LogP contribution is -2.48. The zero-order valence-electron chi connectivity index (χ0n) is 12.5. The SMILES string of the molecule is c1ccc(C2CN(c3ccccc3)C2c2ccccc2)cc1. The van der Waals surface area contributed by atoms with Crippen LogP contribution in [-0.2, 0) is 0 Å². The van der Waals surface area contributed by atoms with Gasteiger partial charge in [-0.25, -0.2) is 0 Å². The van der Waals surface area contributed by atoms with Crippen LogP contribution in [0.3, 0.4) is 0 Å². The van der Waals surface area contributed by atoms with Gasteiger partial charge < -0.3 is 4.90 Å². The van der Waals surface area contributed by atoms with E-state index in [2.05, 4.69) is 95.9 Å². The van der Waals surface area contributed by atoms with E-state index in [4.69, 9.17) is 0 Å². The van der Waals surface area contributed by atoms with Gasteiger partial charge in [-0.3, -0.25) is 0 Å². The Hall–Kier alpha value is -2.54.